The highest BCUT2D eigenvalue weighted by molar-refractivity contribution is 7.16. The normalized spacial score (nSPS) is 10.2. The van der Waals surface area contributed by atoms with Gasteiger partial charge in [0.05, 0.1) is 12.7 Å². The van der Waals surface area contributed by atoms with Crippen LogP contribution in [0.2, 0.25) is 0 Å². The van der Waals surface area contributed by atoms with E-state index in [0.29, 0.717) is 23.4 Å². The highest BCUT2D eigenvalue weighted by Gasteiger charge is 2.16. The van der Waals surface area contributed by atoms with Gasteiger partial charge in [0.2, 0.25) is 5.91 Å². The molecule has 2 rings (SSSR count). The van der Waals surface area contributed by atoms with Gasteiger partial charge >= 0.3 is 0 Å². The molecular formula is C18H20N2O2S. The number of nitrogens with zero attached hydrogens (tertiary/aromatic N) is 1. The van der Waals surface area contributed by atoms with Crippen LogP contribution in [0, 0.1) is 18.3 Å². The first-order chi connectivity index (χ1) is 11.1. The van der Waals surface area contributed by atoms with Gasteiger partial charge in [-0.25, -0.2) is 0 Å². The van der Waals surface area contributed by atoms with Crippen LogP contribution < -0.4 is 10.1 Å². The van der Waals surface area contributed by atoms with Crippen molar-refractivity contribution in [3.63, 3.8) is 0 Å². The molecule has 120 valence electrons. The summed E-state index contributed by atoms with van der Waals surface area (Å²) in [5, 5.41) is 12.9. The van der Waals surface area contributed by atoms with Crippen LogP contribution >= 0.6 is 11.3 Å². The molecule has 0 aliphatic rings. The molecule has 5 heteroatoms. The van der Waals surface area contributed by atoms with E-state index in [2.05, 4.69) is 11.4 Å². The van der Waals surface area contributed by atoms with Crippen molar-refractivity contribution in [1.29, 1.82) is 5.26 Å². The second-order valence-corrected chi connectivity index (χ2v) is 6.43. The maximum Gasteiger partial charge on any atom is 0.225 e. The van der Waals surface area contributed by atoms with E-state index in [1.54, 1.807) is 7.11 Å². The summed E-state index contributed by atoms with van der Waals surface area (Å²) in [6.45, 7) is 4.00. The molecule has 1 N–H and O–H groups in total. The van der Waals surface area contributed by atoms with E-state index in [-0.39, 0.29) is 5.91 Å². The van der Waals surface area contributed by atoms with Gasteiger partial charge in [-0.3, -0.25) is 4.79 Å². The molecule has 0 saturated carbocycles. The second-order valence-electron chi connectivity index (χ2n) is 5.20. The van der Waals surface area contributed by atoms with Crippen LogP contribution in [0.4, 0.5) is 5.00 Å². The molecule has 0 bridgehead atoms. The first-order valence-electron chi connectivity index (χ1n) is 7.54. The van der Waals surface area contributed by atoms with Gasteiger partial charge in [0.1, 0.15) is 16.8 Å². The van der Waals surface area contributed by atoms with Gasteiger partial charge in [-0.1, -0.05) is 19.1 Å². The highest BCUT2D eigenvalue weighted by Crippen LogP contribution is 2.32. The molecule has 0 aliphatic carbocycles. The van der Waals surface area contributed by atoms with Crippen molar-refractivity contribution in [2.75, 3.05) is 12.4 Å². The quantitative estimate of drug-likeness (QED) is 0.869. The van der Waals surface area contributed by atoms with Crippen molar-refractivity contribution in [2.24, 2.45) is 0 Å². The van der Waals surface area contributed by atoms with Crippen LogP contribution in [0.3, 0.4) is 0 Å². The minimum absolute atomic E-state index is 0.0683. The van der Waals surface area contributed by atoms with Gasteiger partial charge in [-0.2, -0.15) is 5.26 Å². The predicted molar refractivity (Wildman–Crippen MR) is 93.1 cm³/mol. The van der Waals surface area contributed by atoms with E-state index in [4.69, 9.17) is 4.74 Å². The van der Waals surface area contributed by atoms with Crippen LogP contribution in [-0.2, 0) is 17.6 Å². The molecular weight excluding hydrogens is 308 g/mol. The third-order valence-electron chi connectivity index (χ3n) is 3.73. The summed E-state index contributed by atoms with van der Waals surface area (Å²) in [6.07, 6.45) is 1.84. The van der Waals surface area contributed by atoms with Crippen molar-refractivity contribution < 1.29 is 9.53 Å². The minimum Gasteiger partial charge on any atom is -0.497 e. The molecule has 1 aromatic carbocycles. The summed E-state index contributed by atoms with van der Waals surface area (Å²) in [7, 11) is 1.63. The Morgan fingerprint density at radius 3 is 2.61 bits per heavy atom. The van der Waals surface area contributed by atoms with E-state index < -0.39 is 0 Å². The van der Waals surface area contributed by atoms with Crippen molar-refractivity contribution in [2.45, 2.75) is 33.1 Å². The number of thiophene rings is 1. The number of amides is 1. The lowest BCUT2D eigenvalue weighted by Gasteiger charge is -2.05. The fourth-order valence-corrected chi connectivity index (χ4v) is 3.56. The van der Waals surface area contributed by atoms with Crippen LogP contribution in [0.1, 0.15) is 34.9 Å². The summed E-state index contributed by atoms with van der Waals surface area (Å²) in [6, 6.07) is 9.89. The van der Waals surface area contributed by atoms with Crippen LogP contribution in [0.5, 0.6) is 5.75 Å². The zero-order valence-electron chi connectivity index (χ0n) is 13.6. The Labute approximate surface area is 140 Å². The summed E-state index contributed by atoms with van der Waals surface area (Å²) >= 11 is 1.47. The smallest absolute Gasteiger partial charge is 0.225 e. The Kier molecular flexibility index (Phi) is 5.78. The molecule has 2 aromatic rings. The van der Waals surface area contributed by atoms with Crippen molar-refractivity contribution in [3.8, 4) is 11.8 Å². The Morgan fingerprint density at radius 1 is 1.35 bits per heavy atom. The van der Waals surface area contributed by atoms with Gasteiger partial charge in [-0.15, -0.1) is 11.3 Å². The molecule has 0 aliphatic heterocycles. The maximum absolute atomic E-state index is 12.1. The predicted octanol–water partition coefficient (Wildman–Crippen LogP) is 4.07. The Bertz CT molecular complexity index is 727. The van der Waals surface area contributed by atoms with Crippen LogP contribution in [-0.4, -0.2) is 13.0 Å². The number of aryl methyl sites for hydroxylation is 2. The lowest BCUT2D eigenvalue weighted by molar-refractivity contribution is -0.116. The number of rotatable bonds is 6. The third kappa shape index (κ3) is 4.11. The fourth-order valence-electron chi connectivity index (χ4n) is 2.45. The zero-order chi connectivity index (χ0) is 16.8. The maximum atomic E-state index is 12.1. The number of carbonyl (C=O) groups excluding carboxylic acids is 1. The number of nitrogens with one attached hydrogen (secondary N) is 1. The number of ether oxygens (including phenoxy) is 1. The van der Waals surface area contributed by atoms with E-state index >= 15 is 0 Å². The number of nitriles is 1. The standard InChI is InChI=1S/C18H20N2O2S/c1-4-15-12(2)23-18(16(15)11-19)20-17(21)10-7-13-5-8-14(22-3)9-6-13/h5-6,8-9H,4,7,10H2,1-3H3,(H,20,21). The number of carbonyl (C=O) groups is 1. The summed E-state index contributed by atoms with van der Waals surface area (Å²) in [4.78, 5) is 13.2. The lowest BCUT2D eigenvalue weighted by atomic mass is 10.1. The fraction of sp³-hybridized carbons (Fsp3) is 0.333. The van der Waals surface area contributed by atoms with Gasteiger partial charge in [0.15, 0.2) is 0 Å². The number of benzene rings is 1. The molecule has 4 nitrogen and oxygen atoms in total. The summed E-state index contributed by atoms with van der Waals surface area (Å²) in [5.41, 5.74) is 2.72. The average molecular weight is 328 g/mol. The Hall–Kier alpha value is -2.32. The Balaban J connectivity index is 1.98. The van der Waals surface area contributed by atoms with Crippen molar-refractivity contribution in [1.82, 2.24) is 0 Å². The number of hydrogen-bond donors (Lipinski definition) is 1. The molecule has 1 heterocycles. The van der Waals surface area contributed by atoms with Gasteiger partial charge in [-0.05, 0) is 43.0 Å². The summed E-state index contributed by atoms with van der Waals surface area (Å²) in [5.74, 6) is 0.735. The molecule has 0 saturated heterocycles. The molecule has 23 heavy (non-hydrogen) atoms. The molecule has 1 amide bonds. The second kappa shape index (κ2) is 7.80. The highest BCUT2D eigenvalue weighted by atomic mass is 32.1. The molecule has 0 radical (unpaired) electrons. The van der Waals surface area contributed by atoms with Crippen LogP contribution in [0.25, 0.3) is 0 Å². The van der Waals surface area contributed by atoms with E-state index in [0.717, 1.165) is 28.2 Å². The number of hydrogen-bond acceptors (Lipinski definition) is 4. The largest absolute Gasteiger partial charge is 0.497 e. The average Bonchev–Trinajstić information content (AvgIpc) is 2.87. The zero-order valence-corrected chi connectivity index (χ0v) is 14.4. The van der Waals surface area contributed by atoms with Gasteiger partial charge < -0.3 is 10.1 Å². The first kappa shape index (κ1) is 17.0. The minimum atomic E-state index is -0.0683. The first-order valence-corrected chi connectivity index (χ1v) is 8.35. The van der Waals surface area contributed by atoms with E-state index in [1.807, 2.05) is 38.1 Å². The monoisotopic (exact) mass is 328 g/mol. The topological polar surface area (TPSA) is 62.1 Å². The van der Waals surface area contributed by atoms with E-state index in [1.165, 1.54) is 11.3 Å². The molecule has 0 atom stereocenters. The third-order valence-corrected chi connectivity index (χ3v) is 4.79. The van der Waals surface area contributed by atoms with Gasteiger partial charge in [0.25, 0.3) is 0 Å². The molecule has 0 spiro atoms. The van der Waals surface area contributed by atoms with Crippen molar-refractivity contribution >= 4 is 22.2 Å². The Morgan fingerprint density at radius 2 is 2.04 bits per heavy atom. The van der Waals surface area contributed by atoms with Crippen molar-refractivity contribution in [3.05, 3.63) is 45.8 Å². The molecule has 1 aromatic heterocycles. The molecule has 0 fully saturated rings. The number of methoxy groups -OCH3 is 1. The SMILES string of the molecule is CCc1c(C)sc(NC(=O)CCc2ccc(OC)cc2)c1C#N. The molecule has 0 unspecified atom stereocenters. The van der Waals surface area contributed by atoms with E-state index in [9.17, 15) is 10.1 Å². The summed E-state index contributed by atoms with van der Waals surface area (Å²) < 4.78 is 5.11. The number of anilines is 1. The van der Waals surface area contributed by atoms with Crippen LogP contribution in [0.15, 0.2) is 24.3 Å². The van der Waals surface area contributed by atoms with Gasteiger partial charge in [0, 0.05) is 11.3 Å². The lowest BCUT2D eigenvalue weighted by Crippen LogP contribution is -2.12.